The number of amides is 1. The normalized spacial score (nSPS) is 18.4. The van der Waals surface area contributed by atoms with Crippen LogP contribution in [0.25, 0.3) is 0 Å². The van der Waals surface area contributed by atoms with Crippen molar-refractivity contribution in [3.8, 4) is 0 Å². The number of nitrogens with zero attached hydrogens (tertiary/aromatic N) is 1. The molecule has 2 rings (SSSR count). The first-order valence-electron chi connectivity index (χ1n) is 7.45. The molecule has 1 saturated heterocycles. The Kier molecular flexibility index (Phi) is 5.77. The number of hydrogen-bond donors (Lipinski definition) is 1. The van der Waals surface area contributed by atoms with E-state index in [0.29, 0.717) is 6.54 Å². The number of ether oxygens (including phenoxy) is 1. The Morgan fingerprint density at radius 2 is 2.00 bits per heavy atom. The molecule has 1 aromatic carbocycles. The van der Waals surface area contributed by atoms with Gasteiger partial charge in [0.2, 0.25) is 0 Å². The molecular formula is C16H22Br2N2O2. The maximum atomic E-state index is 12.3. The van der Waals surface area contributed by atoms with Crippen molar-refractivity contribution in [1.29, 1.82) is 0 Å². The average Bonchev–Trinajstić information content (AvgIpc) is 2.84. The second-order valence-corrected chi connectivity index (χ2v) is 8.16. The SMILES string of the molecule is CC(C)(C)OC(=O)N1CCCC1CNc1c(Br)cccc1Br. The summed E-state index contributed by atoms with van der Waals surface area (Å²) in [7, 11) is 0. The number of nitrogens with one attached hydrogen (secondary N) is 1. The third-order valence-corrected chi connectivity index (χ3v) is 4.80. The van der Waals surface area contributed by atoms with Gasteiger partial charge in [0.25, 0.3) is 0 Å². The Bertz CT molecular complexity index is 523. The minimum atomic E-state index is -0.455. The lowest BCUT2D eigenvalue weighted by Crippen LogP contribution is -2.42. The maximum absolute atomic E-state index is 12.3. The molecule has 6 heteroatoms. The van der Waals surface area contributed by atoms with E-state index in [1.807, 2.05) is 43.9 Å². The fraction of sp³-hybridized carbons (Fsp3) is 0.562. The zero-order valence-electron chi connectivity index (χ0n) is 13.2. The molecule has 0 saturated carbocycles. The molecule has 1 unspecified atom stereocenters. The predicted molar refractivity (Wildman–Crippen MR) is 96.3 cm³/mol. The van der Waals surface area contributed by atoms with Gasteiger partial charge in [0, 0.05) is 22.0 Å². The first-order chi connectivity index (χ1) is 10.3. The molecule has 0 aromatic heterocycles. The highest BCUT2D eigenvalue weighted by molar-refractivity contribution is 9.11. The first kappa shape index (κ1) is 17.6. The van der Waals surface area contributed by atoms with Crippen molar-refractivity contribution >= 4 is 43.6 Å². The van der Waals surface area contributed by atoms with Gasteiger partial charge in [-0.15, -0.1) is 0 Å². The summed E-state index contributed by atoms with van der Waals surface area (Å²) in [5.74, 6) is 0. The van der Waals surface area contributed by atoms with E-state index in [9.17, 15) is 4.79 Å². The fourth-order valence-corrected chi connectivity index (χ4v) is 3.77. The quantitative estimate of drug-likeness (QED) is 0.727. The Balaban J connectivity index is 1.98. The second kappa shape index (κ2) is 7.21. The van der Waals surface area contributed by atoms with E-state index in [2.05, 4.69) is 37.2 Å². The molecule has 1 N–H and O–H groups in total. The Morgan fingerprint density at radius 3 is 2.59 bits per heavy atom. The number of halogens is 2. The van der Waals surface area contributed by atoms with E-state index < -0.39 is 5.60 Å². The molecule has 122 valence electrons. The molecule has 1 aliphatic rings. The number of hydrogen-bond acceptors (Lipinski definition) is 3. The lowest BCUT2D eigenvalue weighted by molar-refractivity contribution is 0.0235. The molecule has 1 atom stereocenters. The molecule has 4 nitrogen and oxygen atoms in total. The van der Waals surface area contributed by atoms with Crippen LogP contribution in [0.2, 0.25) is 0 Å². The van der Waals surface area contributed by atoms with Gasteiger partial charge in [0.1, 0.15) is 5.60 Å². The minimum absolute atomic E-state index is 0.161. The smallest absolute Gasteiger partial charge is 0.410 e. The Morgan fingerprint density at radius 1 is 1.36 bits per heavy atom. The second-order valence-electron chi connectivity index (χ2n) is 6.45. The maximum Gasteiger partial charge on any atom is 0.410 e. The number of para-hydroxylation sites is 1. The van der Waals surface area contributed by atoms with E-state index in [1.165, 1.54) is 0 Å². The summed E-state index contributed by atoms with van der Waals surface area (Å²) in [6.07, 6.45) is 1.79. The van der Waals surface area contributed by atoms with Crippen LogP contribution in [0.15, 0.2) is 27.1 Å². The molecule has 0 radical (unpaired) electrons. The van der Waals surface area contributed by atoms with Gasteiger partial charge in [-0.05, 0) is 77.6 Å². The number of anilines is 1. The fourth-order valence-electron chi connectivity index (χ4n) is 2.50. The Labute approximate surface area is 148 Å². The zero-order valence-corrected chi connectivity index (χ0v) is 16.3. The summed E-state index contributed by atoms with van der Waals surface area (Å²) in [6.45, 7) is 7.16. The van der Waals surface area contributed by atoms with Gasteiger partial charge in [-0.3, -0.25) is 0 Å². The number of carbonyl (C=O) groups excluding carboxylic acids is 1. The summed E-state index contributed by atoms with van der Waals surface area (Å²) < 4.78 is 7.50. The van der Waals surface area contributed by atoms with Gasteiger partial charge < -0.3 is 15.0 Å². The van der Waals surface area contributed by atoms with Gasteiger partial charge >= 0.3 is 6.09 Å². The number of rotatable bonds is 3. The van der Waals surface area contributed by atoms with Crippen LogP contribution in [0.5, 0.6) is 0 Å². The van der Waals surface area contributed by atoms with Crippen molar-refractivity contribution in [3.63, 3.8) is 0 Å². The summed E-state index contributed by atoms with van der Waals surface area (Å²) >= 11 is 7.09. The molecule has 1 fully saturated rings. The summed E-state index contributed by atoms with van der Waals surface area (Å²) in [5.41, 5.74) is 0.557. The van der Waals surface area contributed by atoms with Gasteiger partial charge in [-0.1, -0.05) is 6.07 Å². The van der Waals surface area contributed by atoms with E-state index in [1.54, 1.807) is 0 Å². The molecule has 1 aliphatic heterocycles. The summed E-state index contributed by atoms with van der Waals surface area (Å²) in [5, 5.41) is 3.43. The van der Waals surface area contributed by atoms with Gasteiger partial charge in [0.05, 0.1) is 11.7 Å². The van der Waals surface area contributed by atoms with Gasteiger partial charge in [0.15, 0.2) is 0 Å². The minimum Gasteiger partial charge on any atom is -0.444 e. The number of carbonyl (C=O) groups is 1. The predicted octanol–water partition coefficient (Wildman–Crippen LogP) is 5.02. The lowest BCUT2D eigenvalue weighted by Gasteiger charge is -2.29. The van der Waals surface area contributed by atoms with E-state index in [0.717, 1.165) is 34.0 Å². The molecule has 22 heavy (non-hydrogen) atoms. The van der Waals surface area contributed by atoms with Crippen molar-refractivity contribution in [2.45, 2.75) is 45.3 Å². The number of likely N-dealkylation sites (tertiary alicyclic amines) is 1. The lowest BCUT2D eigenvalue weighted by atomic mass is 10.2. The van der Waals surface area contributed by atoms with Crippen LogP contribution in [-0.4, -0.2) is 35.7 Å². The molecular weight excluding hydrogens is 412 g/mol. The average molecular weight is 434 g/mol. The standard InChI is InChI=1S/C16H22Br2N2O2/c1-16(2,3)22-15(21)20-9-5-6-11(20)10-19-14-12(17)7-4-8-13(14)18/h4,7-8,11,19H,5-6,9-10H2,1-3H3. The van der Waals surface area contributed by atoms with E-state index in [-0.39, 0.29) is 12.1 Å². The highest BCUT2D eigenvalue weighted by atomic mass is 79.9. The van der Waals surface area contributed by atoms with Crippen molar-refractivity contribution in [2.75, 3.05) is 18.4 Å². The van der Waals surface area contributed by atoms with Crippen molar-refractivity contribution < 1.29 is 9.53 Å². The van der Waals surface area contributed by atoms with E-state index in [4.69, 9.17) is 4.74 Å². The molecule has 1 amide bonds. The van der Waals surface area contributed by atoms with Crippen LogP contribution < -0.4 is 5.32 Å². The van der Waals surface area contributed by atoms with Crippen molar-refractivity contribution in [3.05, 3.63) is 27.1 Å². The molecule has 1 aromatic rings. The number of benzene rings is 1. The van der Waals surface area contributed by atoms with Crippen LogP contribution >= 0.6 is 31.9 Å². The summed E-state index contributed by atoms with van der Waals surface area (Å²) in [6, 6.07) is 6.12. The van der Waals surface area contributed by atoms with Crippen LogP contribution in [0, 0.1) is 0 Å². The molecule has 0 aliphatic carbocycles. The largest absolute Gasteiger partial charge is 0.444 e. The third kappa shape index (κ3) is 4.62. The third-order valence-electron chi connectivity index (χ3n) is 3.48. The van der Waals surface area contributed by atoms with Gasteiger partial charge in [-0.25, -0.2) is 4.79 Å². The monoisotopic (exact) mass is 432 g/mol. The Hall–Kier alpha value is -0.750. The van der Waals surface area contributed by atoms with Crippen LogP contribution in [0.4, 0.5) is 10.5 Å². The van der Waals surface area contributed by atoms with Crippen LogP contribution in [-0.2, 0) is 4.74 Å². The molecule has 0 spiro atoms. The topological polar surface area (TPSA) is 41.6 Å². The zero-order chi connectivity index (χ0) is 16.3. The molecule has 0 bridgehead atoms. The summed E-state index contributed by atoms with van der Waals surface area (Å²) in [4.78, 5) is 14.1. The highest BCUT2D eigenvalue weighted by Gasteiger charge is 2.32. The molecule has 1 heterocycles. The van der Waals surface area contributed by atoms with Crippen LogP contribution in [0.3, 0.4) is 0 Å². The van der Waals surface area contributed by atoms with Crippen molar-refractivity contribution in [1.82, 2.24) is 4.90 Å². The highest BCUT2D eigenvalue weighted by Crippen LogP contribution is 2.31. The first-order valence-corrected chi connectivity index (χ1v) is 9.04. The van der Waals surface area contributed by atoms with E-state index >= 15 is 0 Å². The van der Waals surface area contributed by atoms with Crippen LogP contribution in [0.1, 0.15) is 33.6 Å². The van der Waals surface area contributed by atoms with Crippen molar-refractivity contribution in [2.24, 2.45) is 0 Å². The van der Waals surface area contributed by atoms with Gasteiger partial charge in [-0.2, -0.15) is 0 Å².